The Labute approximate surface area is 289 Å². The van der Waals surface area contributed by atoms with Crippen molar-refractivity contribution < 1.29 is 14.3 Å². The zero-order valence-corrected chi connectivity index (χ0v) is 32.2. The van der Waals surface area contributed by atoms with E-state index in [0.29, 0.717) is 43.5 Å². The van der Waals surface area contributed by atoms with Crippen LogP contribution in [0.1, 0.15) is 115 Å². The van der Waals surface area contributed by atoms with Crippen molar-refractivity contribution in [3.05, 3.63) is 106 Å². The van der Waals surface area contributed by atoms with E-state index in [-0.39, 0.29) is 11.2 Å². The summed E-state index contributed by atoms with van der Waals surface area (Å²) in [4.78, 5) is 12.0. The summed E-state index contributed by atoms with van der Waals surface area (Å²) in [6, 6.07) is 26.0. The van der Waals surface area contributed by atoms with Crippen LogP contribution >= 0.6 is 0 Å². The molecule has 0 spiro atoms. The molecule has 3 rings (SSSR count). The average Bonchev–Trinajstić information content (AvgIpc) is 2.95. The SMILES string of the molecule is CCCOCCOCCC(=O)Cc1ccc(CC(C)(C)C)cc1.Cc1ccc(CC(C)(C)C)cc1.Cc1ccc(CC(C)(C)C)cc1. The second-order valence-electron chi connectivity index (χ2n) is 16.7. The van der Waals surface area contributed by atoms with Gasteiger partial charge in [-0.25, -0.2) is 0 Å². The van der Waals surface area contributed by atoms with Crippen LogP contribution in [-0.4, -0.2) is 32.2 Å². The Morgan fingerprint density at radius 1 is 0.489 bits per heavy atom. The summed E-state index contributed by atoms with van der Waals surface area (Å²) in [5.74, 6) is 0.225. The number of carbonyl (C=O) groups is 1. The number of benzene rings is 3. The van der Waals surface area contributed by atoms with Crippen LogP contribution < -0.4 is 0 Å². The summed E-state index contributed by atoms with van der Waals surface area (Å²) < 4.78 is 10.7. The maximum Gasteiger partial charge on any atom is 0.139 e. The van der Waals surface area contributed by atoms with Crippen LogP contribution in [0.3, 0.4) is 0 Å². The van der Waals surface area contributed by atoms with Crippen molar-refractivity contribution in [3.63, 3.8) is 0 Å². The van der Waals surface area contributed by atoms with Crippen molar-refractivity contribution in [1.82, 2.24) is 0 Å². The van der Waals surface area contributed by atoms with Crippen LogP contribution in [0, 0.1) is 30.1 Å². The Bertz CT molecular complexity index is 1170. The van der Waals surface area contributed by atoms with Gasteiger partial charge in [-0.05, 0) is 78.0 Å². The lowest BCUT2D eigenvalue weighted by molar-refractivity contribution is -0.119. The van der Waals surface area contributed by atoms with Crippen molar-refractivity contribution in [1.29, 1.82) is 0 Å². The number of hydrogen-bond donors (Lipinski definition) is 0. The normalized spacial score (nSPS) is 11.7. The Morgan fingerprint density at radius 2 is 0.809 bits per heavy atom. The average molecular weight is 645 g/mol. The largest absolute Gasteiger partial charge is 0.379 e. The molecule has 3 aromatic carbocycles. The van der Waals surface area contributed by atoms with E-state index >= 15 is 0 Å². The van der Waals surface area contributed by atoms with Gasteiger partial charge >= 0.3 is 0 Å². The number of hydrogen-bond acceptors (Lipinski definition) is 3. The predicted molar refractivity (Wildman–Crippen MR) is 204 cm³/mol. The van der Waals surface area contributed by atoms with Crippen LogP contribution in [0.5, 0.6) is 0 Å². The molecule has 0 aliphatic carbocycles. The van der Waals surface area contributed by atoms with Crippen molar-refractivity contribution in [2.24, 2.45) is 16.2 Å². The molecule has 0 aliphatic rings. The summed E-state index contributed by atoms with van der Waals surface area (Å²) in [6.07, 6.45) is 5.35. The number of carbonyl (C=O) groups excluding carboxylic acids is 1. The van der Waals surface area contributed by atoms with E-state index in [0.717, 1.165) is 37.9 Å². The third kappa shape index (κ3) is 24.1. The van der Waals surface area contributed by atoms with Crippen molar-refractivity contribution >= 4 is 5.78 Å². The van der Waals surface area contributed by atoms with Crippen molar-refractivity contribution in [2.45, 2.75) is 122 Å². The van der Waals surface area contributed by atoms with Crippen LogP contribution in [0.2, 0.25) is 0 Å². The second kappa shape index (κ2) is 21.3. The van der Waals surface area contributed by atoms with Gasteiger partial charge in [0.15, 0.2) is 0 Å². The maximum absolute atomic E-state index is 12.0. The van der Waals surface area contributed by atoms with E-state index in [1.165, 1.54) is 27.8 Å². The van der Waals surface area contributed by atoms with Gasteiger partial charge < -0.3 is 9.47 Å². The minimum Gasteiger partial charge on any atom is -0.379 e. The molecule has 0 unspecified atom stereocenters. The topological polar surface area (TPSA) is 35.5 Å². The van der Waals surface area contributed by atoms with Gasteiger partial charge in [0.1, 0.15) is 5.78 Å². The first-order chi connectivity index (χ1) is 21.8. The molecule has 262 valence electrons. The zero-order chi connectivity index (χ0) is 35.5. The molecular formula is C44H68O3. The smallest absolute Gasteiger partial charge is 0.139 e. The first kappa shape index (κ1) is 42.3. The monoisotopic (exact) mass is 645 g/mol. The van der Waals surface area contributed by atoms with Gasteiger partial charge in [0, 0.05) is 19.4 Å². The van der Waals surface area contributed by atoms with Gasteiger partial charge in [0.2, 0.25) is 0 Å². The second-order valence-corrected chi connectivity index (χ2v) is 16.7. The third-order valence-electron chi connectivity index (χ3n) is 7.11. The summed E-state index contributed by atoms with van der Waals surface area (Å²) in [5, 5.41) is 0. The van der Waals surface area contributed by atoms with Crippen LogP contribution in [0.4, 0.5) is 0 Å². The minimum atomic E-state index is 0.225. The van der Waals surface area contributed by atoms with Gasteiger partial charge in [0.05, 0.1) is 19.8 Å². The first-order valence-electron chi connectivity index (χ1n) is 17.7. The fraction of sp³-hybridized carbons (Fsp3) is 0.568. The van der Waals surface area contributed by atoms with Crippen LogP contribution in [0.25, 0.3) is 0 Å². The van der Waals surface area contributed by atoms with Gasteiger partial charge in [0.25, 0.3) is 0 Å². The van der Waals surface area contributed by atoms with E-state index in [4.69, 9.17) is 9.47 Å². The number of ketones is 1. The lowest BCUT2D eigenvalue weighted by Gasteiger charge is -2.18. The standard InChI is InChI=1S/C20H32O3.2C12H18/c1-5-11-22-13-14-23-12-10-19(21)15-17-6-8-18(9-7-17)16-20(2,3)4;2*1-10-5-7-11(8-6-10)9-12(2,3)4/h6-9H,5,10-16H2,1-4H3;2*5-8H,9H2,1-4H3. The van der Waals surface area contributed by atoms with E-state index < -0.39 is 0 Å². The Morgan fingerprint density at radius 3 is 1.15 bits per heavy atom. The van der Waals surface area contributed by atoms with E-state index in [2.05, 4.69) is 156 Å². The highest BCUT2D eigenvalue weighted by Gasteiger charge is 2.12. The highest BCUT2D eigenvalue weighted by Crippen LogP contribution is 2.22. The summed E-state index contributed by atoms with van der Waals surface area (Å²) in [5.41, 5.74) is 9.05. The Kier molecular flexibility index (Phi) is 19.1. The lowest BCUT2D eigenvalue weighted by Crippen LogP contribution is -2.11. The quantitative estimate of drug-likeness (QED) is 0.174. The summed E-state index contributed by atoms with van der Waals surface area (Å²) in [6.45, 7) is 29.1. The maximum atomic E-state index is 12.0. The third-order valence-corrected chi connectivity index (χ3v) is 7.11. The molecule has 3 aromatic rings. The van der Waals surface area contributed by atoms with Gasteiger partial charge in [-0.15, -0.1) is 0 Å². The van der Waals surface area contributed by atoms with E-state index in [9.17, 15) is 4.79 Å². The molecule has 0 amide bonds. The number of rotatable bonds is 13. The van der Waals surface area contributed by atoms with Gasteiger partial charge in [-0.2, -0.15) is 0 Å². The molecule has 47 heavy (non-hydrogen) atoms. The highest BCUT2D eigenvalue weighted by atomic mass is 16.5. The van der Waals surface area contributed by atoms with Gasteiger partial charge in [-0.1, -0.05) is 153 Å². The molecule has 0 saturated carbocycles. The number of Topliss-reactive ketones (excluding diaryl/α,β-unsaturated/α-hetero) is 1. The fourth-order valence-electron chi connectivity index (χ4n) is 4.99. The van der Waals surface area contributed by atoms with Crippen LogP contribution in [-0.2, 0) is 40.0 Å². The Hall–Kier alpha value is -2.75. The predicted octanol–water partition coefficient (Wildman–Crippen LogP) is 11.4. The molecule has 0 radical (unpaired) electrons. The summed E-state index contributed by atoms with van der Waals surface area (Å²) >= 11 is 0. The molecule has 0 fully saturated rings. The highest BCUT2D eigenvalue weighted by molar-refractivity contribution is 5.80. The molecule has 3 heteroatoms. The number of ether oxygens (including phenoxy) is 2. The molecule has 0 bridgehead atoms. The molecule has 0 atom stereocenters. The van der Waals surface area contributed by atoms with Crippen LogP contribution in [0.15, 0.2) is 72.8 Å². The number of aryl methyl sites for hydroxylation is 2. The van der Waals surface area contributed by atoms with Gasteiger partial charge in [-0.3, -0.25) is 4.79 Å². The van der Waals surface area contributed by atoms with Crippen molar-refractivity contribution in [3.8, 4) is 0 Å². The molecule has 0 aliphatic heterocycles. The first-order valence-corrected chi connectivity index (χ1v) is 17.7. The molecule has 0 saturated heterocycles. The fourth-order valence-corrected chi connectivity index (χ4v) is 4.99. The molecule has 0 aromatic heterocycles. The van der Waals surface area contributed by atoms with Crippen molar-refractivity contribution in [2.75, 3.05) is 26.4 Å². The molecular weight excluding hydrogens is 576 g/mol. The molecule has 0 N–H and O–H groups in total. The summed E-state index contributed by atoms with van der Waals surface area (Å²) in [7, 11) is 0. The van der Waals surface area contributed by atoms with E-state index in [1.54, 1.807) is 0 Å². The Balaban J connectivity index is 0.000000386. The molecule has 0 heterocycles. The lowest BCUT2D eigenvalue weighted by atomic mass is 9.88. The minimum absolute atomic E-state index is 0.225. The molecule has 3 nitrogen and oxygen atoms in total. The van der Waals surface area contributed by atoms with E-state index in [1.807, 2.05) is 0 Å². The zero-order valence-electron chi connectivity index (χ0n) is 32.2.